The lowest BCUT2D eigenvalue weighted by Crippen LogP contribution is -2.39. The highest BCUT2D eigenvalue weighted by Gasteiger charge is 2.35. The second kappa shape index (κ2) is 13.3. The topological polar surface area (TPSA) is 149 Å². The number of ether oxygens (including phenoxy) is 3. The largest absolute Gasteiger partial charge is 0.497 e. The molecule has 0 fully saturated rings. The summed E-state index contributed by atoms with van der Waals surface area (Å²) in [7, 11) is -2.62. The Hall–Kier alpha value is -3.70. The number of fused-ring (bicyclic) bond motifs is 3. The number of rotatable bonds is 13. The van der Waals surface area contributed by atoms with Crippen molar-refractivity contribution in [2.45, 2.75) is 72.4 Å². The summed E-state index contributed by atoms with van der Waals surface area (Å²) in [6.07, 6.45) is -0.701. The van der Waals surface area contributed by atoms with Crippen molar-refractivity contribution in [1.29, 1.82) is 0 Å². The van der Waals surface area contributed by atoms with Gasteiger partial charge in [0.1, 0.15) is 41.1 Å². The normalized spacial score (nSPS) is 14.8. The highest BCUT2D eigenvalue weighted by Crippen LogP contribution is 2.47. The number of nitrogens with two attached hydrogens (primary N) is 1. The third-order valence-corrected chi connectivity index (χ3v) is 8.07. The number of hydrogen-bond acceptors (Lipinski definition) is 10. The van der Waals surface area contributed by atoms with Crippen LogP contribution in [-0.4, -0.2) is 52.0 Å². The second-order valence-corrected chi connectivity index (χ2v) is 12.7. The molecule has 0 radical (unpaired) electrons. The van der Waals surface area contributed by atoms with Crippen molar-refractivity contribution in [2.75, 3.05) is 19.5 Å². The fourth-order valence-electron chi connectivity index (χ4n) is 4.47. The molecule has 2 heterocycles. The zero-order chi connectivity index (χ0) is 31.4. The Morgan fingerprint density at radius 2 is 1.74 bits per heavy atom. The molecule has 12 nitrogen and oxygen atoms in total. The molecule has 0 saturated heterocycles. The van der Waals surface area contributed by atoms with Crippen molar-refractivity contribution >= 4 is 41.5 Å². The average molecular weight is 614 g/mol. The van der Waals surface area contributed by atoms with E-state index in [0.29, 0.717) is 35.0 Å². The van der Waals surface area contributed by atoms with Gasteiger partial charge in [-0.15, -0.1) is 0 Å². The van der Waals surface area contributed by atoms with Gasteiger partial charge in [-0.2, -0.15) is 5.09 Å². The molecule has 3 N–H and O–H groups in total. The molecule has 232 valence electrons. The smallest absolute Gasteiger partial charge is 0.459 e. The number of imidazole rings is 1. The van der Waals surface area contributed by atoms with Gasteiger partial charge in [0, 0.05) is 12.0 Å². The quantitative estimate of drug-likeness (QED) is 0.143. The minimum Gasteiger partial charge on any atom is -0.497 e. The van der Waals surface area contributed by atoms with Gasteiger partial charge in [0.25, 0.3) is 0 Å². The first-order valence-corrected chi connectivity index (χ1v) is 15.6. The van der Waals surface area contributed by atoms with Crippen LogP contribution in [0.4, 0.5) is 5.82 Å². The van der Waals surface area contributed by atoms with Gasteiger partial charge in [-0.25, -0.2) is 14.5 Å². The minimum atomic E-state index is -4.16. The predicted octanol–water partition coefficient (Wildman–Crippen LogP) is 5.62. The van der Waals surface area contributed by atoms with Crippen LogP contribution in [0.25, 0.3) is 21.9 Å². The minimum absolute atomic E-state index is 0.213. The molecular formula is C30H40N5O7P. The maximum atomic E-state index is 14.3. The first kappa shape index (κ1) is 32.2. The van der Waals surface area contributed by atoms with Crippen LogP contribution in [0, 0.1) is 0 Å². The molecule has 0 bridgehead atoms. The number of anilines is 1. The number of carbonyl (C=O) groups excluding carboxylic acids is 1. The number of methoxy groups -OCH3 is 1. The molecule has 4 rings (SSSR count). The van der Waals surface area contributed by atoms with Gasteiger partial charge in [0.05, 0.1) is 30.8 Å². The Morgan fingerprint density at radius 3 is 2.40 bits per heavy atom. The van der Waals surface area contributed by atoms with Crippen molar-refractivity contribution in [3.63, 3.8) is 0 Å². The lowest BCUT2D eigenvalue weighted by atomic mass is 10.2. The van der Waals surface area contributed by atoms with E-state index >= 15 is 0 Å². The van der Waals surface area contributed by atoms with Crippen LogP contribution in [0.15, 0.2) is 48.5 Å². The number of pyridine rings is 1. The molecule has 4 aromatic rings. The van der Waals surface area contributed by atoms with Gasteiger partial charge < -0.3 is 29.0 Å². The summed E-state index contributed by atoms with van der Waals surface area (Å²) >= 11 is 0. The molecule has 0 aliphatic heterocycles. The Kier molecular flexibility index (Phi) is 9.96. The number of benzene rings is 2. The Labute approximate surface area is 251 Å². The van der Waals surface area contributed by atoms with E-state index in [4.69, 9.17) is 34.0 Å². The van der Waals surface area contributed by atoms with E-state index < -0.39 is 31.5 Å². The molecule has 13 heteroatoms. The van der Waals surface area contributed by atoms with Gasteiger partial charge in [0.2, 0.25) is 0 Å². The average Bonchev–Trinajstić information content (AvgIpc) is 3.29. The highest BCUT2D eigenvalue weighted by molar-refractivity contribution is 7.52. The number of aromatic nitrogens is 3. The molecular weight excluding hydrogens is 573 g/mol. The first-order valence-electron chi connectivity index (χ1n) is 14.1. The third-order valence-electron chi connectivity index (χ3n) is 6.28. The predicted molar refractivity (Wildman–Crippen MR) is 165 cm³/mol. The molecule has 0 spiro atoms. The van der Waals surface area contributed by atoms with Crippen LogP contribution in [0.5, 0.6) is 11.5 Å². The molecule has 0 amide bonds. The number of nitrogens with one attached hydrogen (secondary N) is 1. The first-order chi connectivity index (χ1) is 20.3. The summed E-state index contributed by atoms with van der Waals surface area (Å²) in [5.41, 5.74) is 7.59. The molecule has 0 unspecified atom stereocenters. The zero-order valence-electron chi connectivity index (χ0n) is 25.6. The SMILES string of the molecule is CCOCc1nc2c(N)nc3ccccc3c2n1C[C@@H](C)O[P@](=O)(N[C@@H](C)C(=O)OC(C)(C)C)Oc1ccc(OC)cc1. The Morgan fingerprint density at radius 1 is 1.07 bits per heavy atom. The number of esters is 1. The van der Waals surface area contributed by atoms with Gasteiger partial charge >= 0.3 is 13.7 Å². The molecule has 43 heavy (non-hydrogen) atoms. The van der Waals surface area contributed by atoms with Crippen molar-refractivity contribution in [2.24, 2.45) is 0 Å². The number of nitrogens with zero attached hydrogens (tertiary/aromatic N) is 3. The van der Waals surface area contributed by atoms with E-state index in [2.05, 4.69) is 10.1 Å². The maximum Gasteiger partial charge on any atom is 0.459 e. The van der Waals surface area contributed by atoms with E-state index in [0.717, 1.165) is 10.9 Å². The van der Waals surface area contributed by atoms with Crippen LogP contribution >= 0.6 is 7.75 Å². The lowest BCUT2D eigenvalue weighted by molar-refractivity contribution is -0.156. The van der Waals surface area contributed by atoms with Gasteiger partial charge in [0.15, 0.2) is 5.82 Å². The van der Waals surface area contributed by atoms with Crippen LogP contribution in [0.3, 0.4) is 0 Å². The highest BCUT2D eigenvalue weighted by atomic mass is 31.2. The summed E-state index contributed by atoms with van der Waals surface area (Å²) in [6.45, 7) is 11.4. The molecule has 3 atom stereocenters. The van der Waals surface area contributed by atoms with E-state index in [1.807, 2.05) is 35.8 Å². The van der Waals surface area contributed by atoms with E-state index in [9.17, 15) is 9.36 Å². The molecule has 2 aromatic heterocycles. The van der Waals surface area contributed by atoms with E-state index in [1.165, 1.54) is 6.92 Å². The maximum absolute atomic E-state index is 14.3. The monoisotopic (exact) mass is 613 g/mol. The fraction of sp³-hybridized carbons (Fsp3) is 0.433. The standard InChI is InChI=1S/C30H40N5O7P/c1-8-39-18-25-33-26-27(23-11-9-10-12-24(23)32-28(26)31)35(25)17-19(2)41-43(37,34-20(3)29(36)40-30(4,5)6)42-22-15-13-21(38-7)14-16-22/h9-16,19-20H,8,17-18H2,1-7H3,(H2,31,32)(H,34,37)/t19-,20+,43-/m1/s1. The fourth-order valence-corrected chi connectivity index (χ4v) is 6.14. The van der Waals surface area contributed by atoms with Crippen molar-refractivity contribution in [1.82, 2.24) is 19.6 Å². The van der Waals surface area contributed by atoms with Gasteiger partial charge in [-0.1, -0.05) is 18.2 Å². The third kappa shape index (κ3) is 8.03. The summed E-state index contributed by atoms with van der Waals surface area (Å²) in [6, 6.07) is 13.2. The van der Waals surface area contributed by atoms with E-state index in [-0.39, 0.29) is 18.9 Å². The zero-order valence-corrected chi connectivity index (χ0v) is 26.5. The summed E-state index contributed by atoms with van der Waals surface area (Å²) in [5.74, 6) is 1.16. The lowest BCUT2D eigenvalue weighted by Gasteiger charge is -2.28. The van der Waals surface area contributed by atoms with Crippen LogP contribution in [0.1, 0.15) is 47.4 Å². The van der Waals surface area contributed by atoms with Crippen LogP contribution in [0.2, 0.25) is 0 Å². The number of hydrogen-bond donors (Lipinski definition) is 2. The Bertz CT molecular complexity index is 1620. The Balaban J connectivity index is 1.68. The number of carbonyl (C=O) groups is 1. The van der Waals surface area contributed by atoms with E-state index in [1.54, 1.807) is 59.1 Å². The second-order valence-electron chi connectivity index (χ2n) is 11.1. The number of nitrogen functional groups attached to an aromatic ring is 1. The van der Waals surface area contributed by atoms with Crippen LogP contribution < -0.4 is 20.1 Å². The molecule has 0 saturated carbocycles. The van der Waals surface area contributed by atoms with Crippen LogP contribution in [-0.2, 0) is 36.5 Å². The molecule has 0 aliphatic rings. The summed E-state index contributed by atoms with van der Waals surface area (Å²) < 4.78 is 44.6. The van der Waals surface area contributed by atoms with Crippen molar-refractivity contribution < 1.29 is 32.6 Å². The van der Waals surface area contributed by atoms with Gasteiger partial charge in [-0.05, 0) is 71.9 Å². The van der Waals surface area contributed by atoms with Crippen molar-refractivity contribution in [3.05, 3.63) is 54.4 Å². The van der Waals surface area contributed by atoms with Crippen molar-refractivity contribution in [3.8, 4) is 11.5 Å². The van der Waals surface area contributed by atoms with Gasteiger partial charge in [-0.3, -0.25) is 9.32 Å². The molecule has 0 aliphatic carbocycles. The summed E-state index contributed by atoms with van der Waals surface area (Å²) in [5, 5.41) is 3.60. The summed E-state index contributed by atoms with van der Waals surface area (Å²) in [4.78, 5) is 22.0. The molecule has 2 aromatic carbocycles. The number of para-hydroxylation sites is 1.